The second kappa shape index (κ2) is 13.0. The SMILES string of the molecule is CCCC(=O)CC(=O)OCC.N#Cc1cc(CF)c(CF)cc1CF. The molecule has 138 valence electrons. The van der Waals surface area contributed by atoms with Crippen LogP contribution in [-0.2, 0) is 34.3 Å². The first-order chi connectivity index (χ1) is 12.0. The monoisotopic (exact) mass is 357 g/mol. The Labute approximate surface area is 145 Å². The number of hydrogen-bond acceptors (Lipinski definition) is 4. The highest BCUT2D eigenvalue weighted by molar-refractivity contribution is 5.95. The Hall–Kier alpha value is -2.36. The van der Waals surface area contributed by atoms with Crippen molar-refractivity contribution in [2.24, 2.45) is 0 Å². The van der Waals surface area contributed by atoms with E-state index in [9.17, 15) is 22.8 Å². The lowest BCUT2D eigenvalue weighted by molar-refractivity contribution is -0.145. The first-order valence-electron chi connectivity index (χ1n) is 7.87. The fourth-order valence-corrected chi connectivity index (χ4v) is 1.94. The molecule has 0 heterocycles. The van der Waals surface area contributed by atoms with Gasteiger partial charge in [-0.25, -0.2) is 13.2 Å². The molecule has 4 nitrogen and oxygen atoms in total. The smallest absolute Gasteiger partial charge is 0.313 e. The topological polar surface area (TPSA) is 67.2 Å². The quantitative estimate of drug-likeness (QED) is 0.514. The average Bonchev–Trinajstić information content (AvgIpc) is 2.61. The van der Waals surface area contributed by atoms with Crippen LogP contribution < -0.4 is 0 Å². The van der Waals surface area contributed by atoms with Gasteiger partial charge in [-0.1, -0.05) is 6.92 Å². The van der Waals surface area contributed by atoms with E-state index in [0.717, 1.165) is 6.42 Å². The number of carbonyl (C=O) groups is 2. The van der Waals surface area contributed by atoms with Crippen molar-refractivity contribution in [1.82, 2.24) is 0 Å². The molecule has 0 amide bonds. The van der Waals surface area contributed by atoms with Crippen molar-refractivity contribution in [2.75, 3.05) is 6.61 Å². The number of nitriles is 1. The van der Waals surface area contributed by atoms with Crippen LogP contribution in [0.15, 0.2) is 12.1 Å². The fraction of sp³-hybridized carbons (Fsp3) is 0.500. The van der Waals surface area contributed by atoms with E-state index in [-0.39, 0.29) is 34.5 Å². The van der Waals surface area contributed by atoms with Gasteiger partial charge in [-0.3, -0.25) is 9.59 Å². The maximum atomic E-state index is 12.4. The molecule has 0 N–H and O–H groups in total. The van der Waals surface area contributed by atoms with E-state index in [1.54, 1.807) is 13.0 Å². The number of esters is 1. The molecule has 1 aromatic rings. The molecule has 0 saturated heterocycles. The summed E-state index contributed by atoms with van der Waals surface area (Å²) in [4.78, 5) is 21.5. The van der Waals surface area contributed by atoms with E-state index in [1.165, 1.54) is 12.1 Å². The highest BCUT2D eigenvalue weighted by Crippen LogP contribution is 2.19. The van der Waals surface area contributed by atoms with Crippen molar-refractivity contribution in [3.05, 3.63) is 34.4 Å². The Balaban J connectivity index is 0.000000477. The summed E-state index contributed by atoms with van der Waals surface area (Å²) in [7, 11) is 0. The summed E-state index contributed by atoms with van der Waals surface area (Å²) >= 11 is 0. The summed E-state index contributed by atoms with van der Waals surface area (Å²) in [6, 6.07) is 4.14. The standard InChI is InChI=1S/C10H8F3N.C8H14O3/c11-3-7-1-9(5-13)10(6-14)2-8(7)4-12;1-3-5-7(9)6-8(10)11-4-2/h1-2H,3-5H2;3-6H2,1-2H3. The molecule has 0 aliphatic rings. The van der Waals surface area contributed by atoms with Crippen LogP contribution in [0.4, 0.5) is 13.2 Å². The summed E-state index contributed by atoms with van der Waals surface area (Å²) < 4.78 is 41.7. The van der Waals surface area contributed by atoms with E-state index in [1.807, 2.05) is 6.92 Å². The van der Waals surface area contributed by atoms with Gasteiger partial charge in [0.1, 0.15) is 32.2 Å². The number of nitrogens with zero attached hydrogens (tertiary/aromatic N) is 1. The number of halogens is 3. The van der Waals surface area contributed by atoms with E-state index in [4.69, 9.17) is 5.26 Å². The van der Waals surface area contributed by atoms with Crippen molar-refractivity contribution in [2.45, 2.75) is 53.1 Å². The van der Waals surface area contributed by atoms with Crippen molar-refractivity contribution in [1.29, 1.82) is 5.26 Å². The van der Waals surface area contributed by atoms with Crippen molar-refractivity contribution < 1.29 is 27.5 Å². The third kappa shape index (κ3) is 8.34. The molecule has 0 aliphatic heterocycles. The zero-order valence-corrected chi connectivity index (χ0v) is 14.4. The number of rotatable bonds is 8. The number of ether oxygens (including phenoxy) is 1. The van der Waals surface area contributed by atoms with Gasteiger partial charge in [-0.2, -0.15) is 5.26 Å². The van der Waals surface area contributed by atoms with Crippen LogP contribution in [-0.4, -0.2) is 18.4 Å². The third-order valence-electron chi connectivity index (χ3n) is 3.15. The van der Waals surface area contributed by atoms with Crippen LogP contribution in [0, 0.1) is 11.3 Å². The summed E-state index contributed by atoms with van der Waals surface area (Å²) in [6.45, 7) is 1.43. The molecule has 25 heavy (non-hydrogen) atoms. The van der Waals surface area contributed by atoms with Gasteiger partial charge in [-0.15, -0.1) is 0 Å². The van der Waals surface area contributed by atoms with Gasteiger partial charge in [0.2, 0.25) is 0 Å². The summed E-state index contributed by atoms with van der Waals surface area (Å²) in [5.74, 6) is -0.447. The third-order valence-corrected chi connectivity index (χ3v) is 3.15. The molecule has 0 aromatic heterocycles. The summed E-state index contributed by atoms with van der Waals surface area (Å²) in [5, 5.41) is 8.60. The molecule has 0 bridgehead atoms. The zero-order valence-electron chi connectivity index (χ0n) is 14.4. The molecule has 0 atom stereocenters. The molecule has 7 heteroatoms. The average molecular weight is 357 g/mol. The Kier molecular flexibility index (Phi) is 11.8. The lowest BCUT2D eigenvalue weighted by Gasteiger charge is -2.06. The molecule has 0 unspecified atom stereocenters. The highest BCUT2D eigenvalue weighted by Gasteiger charge is 2.09. The molecular weight excluding hydrogens is 335 g/mol. The minimum absolute atomic E-state index is 0.0362. The van der Waals surface area contributed by atoms with Crippen LogP contribution in [0.25, 0.3) is 0 Å². The van der Waals surface area contributed by atoms with E-state index < -0.39 is 26.0 Å². The fourth-order valence-electron chi connectivity index (χ4n) is 1.94. The lowest BCUT2D eigenvalue weighted by Crippen LogP contribution is -2.10. The molecule has 0 radical (unpaired) electrons. The van der Waals surface area contributed by atoms with Crippen LogP contribution in [0.2, 0.25) is 0 Å². The number of alkyl halides is 3. The van der Waals surface area contributed by atoms with Crippen LogP contribution in [0.1, 0.15) is 55.4 Å². The predicted molar refractivity (Wildman–Crippen MR) is 86.8 cm³/mol. The van der Waals surface area contributed by atoms with Crippen LogP contribution in [0.5, 0.6) is 0 Å². The Morgan fingerprint density at radius 3 is 2.04 bits per heavy atom. The Morgan fingerprint density at radius 1 is 1.04 bits per heavy atom. The van der Waals surface area contributed by atoms with Crippen LogP contribution >= 0.6 is 0 Å². The minimum atomic E-state index is -0.849. The highest BCUT2D eigenvalue weighted by atomic mass is 19.1. The van der Waals surface area contributed by atoms with E-state index in [0.29, 0.717) is 13.0 Å². The van der Waals surface area contributed by atoms with E-state index in [2.05, 4.69) is 4.74 Å². The molecule has 0 saturated carbocycles. The number of ketones is 1. The molecule has 0 aliphatic carbocycles. The van der Waals surface area contributed by atoms with Gasteiger partial charge < -0.3 is 4.74 Å². The van der Waals surface area contributed by atoms with Gasteiger partial charge in [0.15, 0.2) is 0 Å². The second-order valence-corrected chi connectivity index (χ2v) is 5.06. The molecule has 0 fully saturated rings. The first-order valence-corrected chi connectivity index (χ1v) is 7.87. The number of benzene rings is 1. The maximum Gasteiger partial charge on any atom is 0.313 e. The normalized spacial score (nSPS) is 9.60. The maximum absolute atomic E-state index is 12.4. The first kappa shape index (κ1) is 22.6. The molecule has 1 aromatic carbocycles. The second-order valence-electron chi connectivity index (χ2n) is 5.06. The van der Waals surface area contributed by atoms with Gasteiger partial charge in [0.25, 0.3) is 0 Å². The molecule has 1 rings (SSSR count). The zero-order chi connectivity index (χ0) is 19.2. The Morgan fingerprint density at radius 2 is 1.60 bits per heavy atom. The summed E-state index contributed by atoms with van der Waals surface area (Å²) in [6.07, 6.45) is 1.19. The largest absolute Gasteiger partial charge is 0.466 e. The minimum Gasteiger partial charge on any atom is -0.466 e. The van der Waals surface area contributed by atoms with Crippen molar-refractivity contribution in [3.63, 3.8) is 0 Å². The predicted octanol–water partition coefficient (Wildman–Crippen LogP) is 4.28. The van der Waals surface area contributed by atoms with Gasteiger partial charge in [0.05, 0.1) is 18.2 Å². The summed E-state index contributed by atoms with van der Waals surface area (Å²) in [5.41, 5.74) is 0.398. The lowest BCUT2D eigenvalue weighted by atomic mass is 10.0. The van der Waals surface area contributed by atoms with Crippen LogP contribution in [0.3, 0.4) is 0 Å². The van der Waals surface area contributed by atoms with E-state index >= 15 is 0 Å². The molecular formula is C18H22F3NO3. The van der Waals surface area contributed by atoms with Crippen molar-refractivity contribution in [3.8, 4) is 6.07 Å². The van der Waals surface area contributed by atoms with Gasteiger partial charge in [0, 0.05) is 12.0 Å². The van der Waals surface area contributed by atoms with Gasteiger partial charge >= 0.3 is 5.97 Å². The van der Waals surface area contributed by atoms with Gasteiger partial charge in [-0.05, 0) is 36.6 Å². The Bertz CT molecular complexity index is 596. The number of hydrogen-bond donors (Lipinski definition) is 0. The molecule has 0 spiro atoms. The number of carbonyl (C=O) groups excluding carboxylic acids is 2. The van der Waals surface area contributed by atoms with Crippen molar-refractivity contribution >= 4 is 11.8 Å². The number of Topliss-reactive ketones (excluding diaryl/α,β-unsaturated/α-hetero) is 1.